The van der Waals surface area contributed by atoms with Gasteiger partial charge in [-0.3, -0.25) is 0 Å². The lowest BCUT2D eigenvalue weighted by molar-refractivity contribution is 1.78. The molecule has 0 spiro atoms. The van der Waals surface area contributed by atoms with Gasteiger partial charge in [0.1, 0.15) is 0 Å². The van der Waals surface area contributed by atoms with Gasteiger partial charge in [0.05, 0.1) is 0 Å². The molecule has 0 bridgehead atoms. The highest BCUT2D eigenvalue weighted by atomic mass is 79.9. The van der Waals surface area contributed by atoms with Crippen molar-refractivity contribution in [1.29, 1.82) is 0 Å². The molecule has 2 heteroatoms. The molecular weight excluding hydrogens is 152 g/mol. The van der Waals surface area contributed by atoms with Crippen molar-refractivity contribution in [3.05, 3.63) is 10.3 Å². The van der Waals surface area contributed by atoms with Crippen LogP contribution in [0.1, 0.15) is 6.92 Å². The molecule has 34 valence electrons. The second kappa shape index (κ2) is 9.37. The third kappa shape index (κ3) is 8.88. The fraction of sp³-hybridized carbons (Fsp3) is 0.500. The Balaban J connectivity index is 0. The highest BCUT2D eigenvalue weighted by Gasteiger charge is 1.65. The van der Waals surface area contributed by atoms with Crippen LogP contribution in [0.4, 0.5) is 0 Å². The molecule has 0 aromatic carbocycles. The summed E-state index contributed by atoms with van der Waals surface area (Å²) in [5.74, 6) is 0. The Morgan fingerprint density at radius 3 is 2.00 bits per heavy atom. The van der Waals surface area contributed by atoms with E-state index < -0.39 is 0 Å². The van der Waals surface area contributed by atoms with Crippen LogP contribution in [-0.2, 0) is 0 Å². The summed E-state index contributed by atoms with van der Waals surface area (Å²) in [6.07, 6.45) is 2.12. The third-order valence-electron chi connectivity index (χ3n) is 0.471. The molecule has 0 radical (unpaired) electrons. The van der Waals surface area contributed by atoms with Gasteiger partial charge in [0.25, 0.3) is 0 Å². The summed E-state index contributed by atoms with van der Waals surface area (Å²) in [6.45, 7) is 2.07. The van der Waals surface area contributed by atoms with Crippen LogP contribution in [0.25, 0.3) is 0 Å². The van der Waals surface area contributed by atoms with E-state index in [-0.39, 0.29) is 37.3 Å². The van der Waals surface area contributed by atoms with Gasteiger partial charge in [-0.05, 0) is 6.92 Å². The highest BCUT2D eigenvalue weighted by molar-refractivity contribution is 8.93. The van der Waals surface area contributed by atoms with E-state index in [1.807, 2.05) is 0 Å². The van der Waals surface area contributed by atoms with Crippen molar-refractivity contribution in [2.45, 2.75) is 12.0 Å². The summed E-state index contributed by atoms with van der Waals surface area (Å²) in [5.41, 5.74) is 0. The van der Waals surface area contributed by atoms with Crippen LogP contribution >= 0.6 is 17.0 Å². The fourth-order valence-corrected chi connectivity index (χ4v) is 0.707. The fourth-order valence-electron chi connectivity index (χ4n) is 0.236. The molecule has 0 aliphatic rings. The first-order chi connectivity index (χ1) is 2.41. The zero-order chi connectivity index (χ0) is 4.12. The Labute approximate surface area is 59.5 Å². The first kappa shape index (κ1) is 10.1. The average Bonchev–Trinajstić information content (AvgIpc) is 1.41. The van der Waals surface area contributed by atoms with Gasteiger partial charge in [0, 0.05) is 0 Å². The molecule has 0 nitrogen and oxygen atoms in total. The number of hydrogen-bond donors (Lipinski definition) is 0. The first-order valence-electron chi connectivity index (χ1n) is 2.03. The first-order valence-corrected chi connectivity index (χ1v) is 4.26. The Morgan fingerprint density at radius 1 is 1.50 bits per heavy atom. The van der Waals surface area contributed by atoms with Crippen molar-refractivity contribution in [3.8, 4) is 0 Å². The molecule has 0 atom stereocenters. The van der Waals surface area contributed by atoms with E-state index in [4.69, 9.17) is 0 Å². The summed E-state index contributed by atoms with van der Waals surface area (Å²) < 4.78 is 2.26. The Hall–Kier alpha value is 0.986. The minimum atomic E-state index is 0. The van der Waals surface area contributed by atoms with Crippen LogP contribution in [0.2, 0.25) is 5.05 Å². The normalized spacial score (nSPS) is 7.00. The molecule has 0 amide bonds. The summed E-state index contributed by atoms with van der Waals surface area (Å²) in [4.78, 5) is 0. The van der Waals surface area contributed by atoms with Crippen molar-refractivity contribution in [2.75, 3.05) is 0 Å². The second-order valence-electron chi connectivity index (χ2n) is 0.977. The van der Waals surface area contributed by atoms with E-state index in [0.29, 0.717) is 0 Å². The van der Waals surface area contributed by atoms with E-state index in [1.165, 1.54) is 0 Å². The van der Waals surface area contributed by atoms with Crippen molar-refractivity contribution in [2.24, 2.45) is 0 Å². The summed E-state index contributed by atoms with van der Waals surface area (Å²) in [5, 5.41) is 2.26. The lowest BCUT2D eigenvalue weighted by Gasteiger charge is -1.59. The van der Waals surface area contributed by atoms with Gasteiger partial charge in [-0.1, -0.05) is 0 Å². The van der Waals surface area contributed by atoms with Gasteiger partial charge in [0.15, 0.2) is 0 Å². The molecule has 0 aromatic heterocycles. The molecule has 0 N–H and O–H groups in total. The lowest BCUT2D eigenvalue weighted by atomic mass is 10.8. The quantitative estimate of drug-likeness (QED) is 0.515. The van der Waals surface area contributed by atoms with Gasteiger partial charge in [-0.15, -0.1) is 23.1 Å². The molecule has 0 saturated carbocycles. The van der Waals surface area contributed by atoms with Crippen molar-refractivity contribution >= 4 is 37.3 Å². The van der Waals surface area contributed by atoms with Crippen molar-refractivity contribution in [3.63, 3.8) is 0 Å². The average molecular weight is 161 g/mol. The SMILES string of the molecule is Br.C/C=[CH]\[Mg][CH3]. The maximum absolute atomic E-state index is 2.26. The molecule has 0 heterocycles. The van der Waals surface area contributed by atoms with E-state index in [0.717, 1.165) is 0 Å². The Morgan fingerprint density at radius 2 is 2.00 bits per heavy atom. The zero-order valence-corrected chi connectivity index (χ0v) is 7.40. The van der Waals surface area contributed by atoms with Gasteiger partial charge < -0.3 is 0 Å². The minimum absolute atomic E-state index is 0. The maximum atomic E-state index is 2.26. The molecule has 0 unspecified atom stereocenters. The number of allylic oxidation sites excluding steroid dienone is 1. The molecule has 0 rings (SSSR count). The predicted molar refractivity (Wildman–Crippen MR) is 36.8 cm³/mol. The smallest absolute Gasteiger partial charge is 0.212 e. The topological polar surface area (TPSA) is 0 Å². The second-order valence-corrected chi connectivity index (χ2v) is 2.27. The van der Waals surface area contributed by atoms with Gasteiger partial charge in [-0.2, -0.15) is 5.05 Å². The number of rotatable bonds is 1. The predicted octanol–water partition coefficient (Wildman–Crippen LogP) is 1.85. The van der Waals surface area contributed by atoms with Crippen molar-refractivity contribution < 1.29 is 0 Å². The lowest BCUT2D eigenvalue weighted by Crippen LogP contribution is -1.64. The minimum Gasteiger partial charge on any atom is -0.212 e. The van der Waals surface area contributed by atoms with Crippen LogP contribution in [0.3, 0.4) is 0 Å². The molecule has 0 fully saturated rings. The molecule has 0 aliphatic heterocycles. The van der Waals surface area contributed by atoms with E-state index in [9.17, 15) is 0 Å². The summed E-state index contributed by atoms with van der Waals surface area (Å²) in [7, 11) is 0. The molecule has 6 heavy (non-hydrogen) atoms. The summed E-state index contributed by atoms with van der Waals surface area (Å²) in [6, 6.07) is 0. The van der Waals surface area contributed by atoms with Crippen LogP contribution < -0.4 is 0 Å². The van der Waals surface area contributed by atoms with Crippen molar-refractivity contribution in [1.82, 2.24) is 0 Å². The van der Waals surface area contributed by atoms with Gasteiger partial charge in [0.2, 0.25) is 0 Å². The monoisotopic (exact) mass is 160 g/mol. The Kier molecular flexibility index (Phi) is 15.7. The molecule has 0 aromatic rings. The van der Waals surface area contributed by atoms with E-state index in [2.05, 4.69) is 22.3 Å². The molecule has 0 aliphatic carbocycles. The largest absolute Gasteiger partial charge is 0.392 e. The van der Waals surface area contributed by atoms with Gasteiger partial charge in [-0.25, -0.2) is 4.21 Å². The highest BCUT2D eigenvalue weighted by Crippen LogP contribution is 1.60. The zero-order valence-electron chi connectivity index (χ0n) is 4.27. The van der Waals surface area contributed by atoms with Crippen LogP contribution in [0.15, 0.2) is 10.3 Å². The number of halogens is 1. The standard InChI is InChI=1S/C3H5.CH3.BrH.Mg/c1-3-2;;;/h1,3H,2H3;1H3;1H;. The van der Waals surface area contributed by atoms with Crippen LogP contribution in [-0.4, -0.2) is 20.4 Å². The van der Waals surface area contributed by atoms with Gasteiger partial charge >= 0.3 is 20.4 Å². The summed E-state index contributed by atoms with van der Waals surface area (Å²) >= 11 is 0.233. The van der Waals surface area contributed by atoms with E-state index in [1.54, 1.807) is 0 Å². The third-order valence-corrected chi connectivity index (χ3v) is 1.41. The molecule has 0 saturated heterocycles. The van der Waals surface area contributed by atoms with E-state index >= 15 is 0 Å². The Bertz CT molecular complexity index is 34.5. The number of hydrogen-bond acceptors (Lipinski definition) is 0. The van der Waals surface area contributed by atoms with Crippen LogP contribution in [0, 0.1) is 0 Å². The van der Waals surface area contributed by atoms with Crippen LogP contribution in [0.5, 0.6) is 0 Å². The maximum Gasteiger partial charge on any atom is 0.392 e. The molecular formula is C4H9BrMg.